The highest BCUT2D eigenvalue weighted by Crippen LogP contribution is 2.35. The summed E-state index contributed by atoms with van der Waals surface area (Å²) in [5.74, 6) is -3.01. The zero-order valence-corrected chi connectivity index (χ0v) is 13.3. The van der Waals surface area contributed by atoms with E-state index in [1.54, 1.807) is 0 Å². The summed E-state index contributed by atoms with van der Waals surface area (Å²) in [4.78, 5) is 25.2. The summed E-state index contributed by atoms with van der Waals surface area (Å²) in [6.07, 6.45) is -3.65. The third-order valence-electron chi connectivity index (χ3n) is 3.96. The predicted molar refractivity (Wildman–Crippen MR) is 82.6 cm³/mol. The molecule has 1 aliphatic heterocycles. The van der Waals surface area contributed by atoms with E-state index in [-0.39, 0.29) is 30.0 Å². The minimum atomic E-state index is -4.62. The number of benzene rings is 1. The lowest BCUT2D eigenvalue weighted by atomic mass is 9.89. The van der Waals surface area contributed by atoms with E-state index in [0.29, 0.717) is 4.90 Å². The molecule has 2 heterocycles. The molecule has 3 rings (SSSR count). The first kappa shape index (κ1) is 18.0. The number of hydrogen-bond donors (Lipinski definition) is 1. The second kappa shape index (κ2) is 6.81. The van der Waals surface area contributed by atoms with Crippen molar-refractivity contribution in [3.8, 4) is 0 Å². The molecule has 0 saturated carbocycles. The largest absolute Gasteiger partial charge is 0.467 e. The molecule has 9 heteroatoms. The van der Waals surface area contributed by atoms with Crippen molar-refractivity contribution in [1.29, 1.82) is 0 Å². The van der Waals surface area contributed by atoms with Crippen molar-refractivity contribution < 1.29 is 31.6 Å². The summed E-state index contributed by atoms with van der Waals surface area (Å²) >= 11 is 0. The highest BCUT2D eigenvalue weighted by molar-refractivity contribution is 6.01. The standard InChI is InChI=1S/C17H14F4N2O3/c18-10-3-4-12-13(7-15(24)22-14(12)6-10)16(25)23(9-17(19,20)21)8-11-2-1-5-26-11/h1-6,13H,7-9H2,(H,22,24). The van der Waals surface area contributed by atoms with E-state index in [1.807, 2.05) is 0 Å². The third-order valence-corrected chi connectivity index (χ3v) is 3.96. The molecule has 1 aliphatic rings. The summed E-state index contributed by atoms with van der Waals surface area (Å²) in [7, 11) is 0. The quantitative estimate of drug-likeness (QED) is 0.839. The fraction of sp³-hybridized carbons (Fsp3) is 0.294. The molecular weight excluding hydrogens is 356 g/mol. The van der Waals surface area contributed by atoms with E-state index < -0.39 is 36.3 Å². The van der Waals surface area contributed by atoms with E-state index in [1.165, 1.54) is 24.5 Å². The van der Waals surface area contributed by atoms with Crippen molar-refractivity contribution >= 4 is 17.5 Å². The summed E-state index contributed by atoms with van der Waals surface area (Å²) in [6, 6.07) is 6.38. The van der Waals surface area contributed by atoms with Crippen molar-refractivity contribution in [2.45, 2.75) is 25.1 Å². The van der Waals surface area contributed by atoms with Crippen molar-refractivity contribution in [2.24, 2.45) is 0 Å². The number of carbonyl (C=O) groups is 2. The molecule has 26 heavy (non-hydrogen) atoms. The van der Waals surface area contributed by atoms with Crippen LogP contribution in [-0.4, -0.2) is 29.4 Å². The van der Waals surface area contributed by atoms with Crippen LogP contribution in [0.1, 0.15) is 23.7 Å². The molecule has 0 fully saturated rings. The predicted octanol–water partition coefficient (Wildman–Crippen LogP) is 3.44. The van der Waals surface area contributed by atoms with Gasteiger partial charge < -0.3 is 14.6 Å². The van der Waals surface area contributed by atoms with Crippen LogP contribution in [-0.2, 0) is 16.1 Å². The van der Waals surface area contributed by atoms with Gasteiger partial charge in [-0.25, -0.2) is 4.39 Å². The number of anilines is 1. The number of hydrogen-bond acceptors (Lipinski definition) is 3. The van der Waals surface area contributed by atoms with Gasteiger partial charge in [-0.1, -0.05) is 6.07 Å². The van der Waals surface area contributed by atoms with Crippen LogP contribution < -0.4 is 5.32 Å². The molecule has 5 nitrogen and oxygen atoms in total. The normalized spacial score (nSPS) is 16.8. The molecule has 0 spiro atoms. The van der Waals surface area contributed by atoms with Crippen molar-refractivity contribution in [2.75, 3.05) is 11.9 Å². The highest BCUT2D eigenvalue weighted by atomic mass is 19.4. The Morgan fingerprint density at radius 3 is 2.73 bits per heavy atom. The average molecular weight is 370 g/mol. The molecule has 0 aliphatic carbocycles. The van der Waals surface area contributed by atoms with E-state index in [2.05, 4.69) is 5.32 Å². The molecule has 1 aromatic carbocycles. The van der Waals surface area contributed by atoms with Gasteiger partial charge in [0.2, 0.25) is 11.8 Å². The van der Waals surface area contributed by atoms with Crippen LogP contribution in [0.5, 0.6) is 0 Å². The Balaban J connectivity index is 1.92. The van der Waals surface area contributed by atoms with Crippen LogP contribution in [0.2, 0.25) is 0 Å². The van der Waals surface area contributed by atoms with Gasteiger partial charge in [0.15, 0.2) is 0 Å². The number of fused-ring (bicyclic) bond motifs is 1. The highest BCUT2D eigenvalue weighted by Gasteiger charge is 2.39. The Bertz CT molecular complexity index is 818. The summed E-state index contributed by atoms with van der Waals surface area (Å²) < 4.78 is 57.2. The van der Waals surface area contributed by atoms with Gasteiger partial charge in [-0.05, 0) is 29.8 Å². The van der Waals surface area contributed by atoms with Crippen LogP contribution in [0.25, 0.3) is 0 Å². The average Bonchev–Trinajstić information content (AvgIpc) is 3.04. The molecule has 1 atom stereocenters. The van der Waals surface area contributed by atoms with Gasteiger partial charge in [-0.2, -0.15) is 13.2 Å². The maximum absolute atomic E-state index is 13.4. The zero-order valence-electron chi connectivity index (χ0n) is 13.3. The minimum absolute atomic E-state index is 0.0876. The Morgan fingerprint density at radius 1 is 1.31 bits per heavy atom. The third kappa shape index (κ3) is 4.04. The fourth-order valence-electron chi connectivity index (χ4n) is 2.90. The molecular formula is C17H14F4N2O3. The summed E-state index contributed by atoms with van der Waals surface area (Å²) in [5.41, 5.74) is 0.368. The van der Waals surface area contributed by atoms with Crippen LogP contribution in [0, 0.1) is 5.82 Å². The van der Waals surface area contributed by atoms with Gasteiger partial charge in [0, 0.05) is 12.1 Å². The first-order chi connectivity index (χ1) is 12.2. The topological polar surface area (TPSA) is 62.6 Å². The molecule has 1 unspecified atom stereocenters. The number of nitrogens with zero attached hydrogens (tertiary/aromatic N) is 1. The molecule has 2 amide bonds. The number of halogens is 4. The fourth-order valence-corrected chi connectivity index (χ4v) is 2.90. The molecule has 0 saturated heterocycles. The Morgan fingerprint density at radius 2 is 2.08 bits per heavy atom. The van der Waals surface area contributed by atoms with Crippen LogP contribution in [0.4, 0.5) is 23.2 Å². The SMILES string of the molecule is O=C1CC(C(=O)N(Cc2ccco2)CC(F)(F)F)c2ccc(F)cc2N1. The van der Waals surface area contributed by atoms with Gasteiger partial charge in [0.05, 0.1) is 18.7 Å². The van der Waals surface area contributed by atoms with Crippen molar-refractivity contribution in [3.63, 3.8) is 0 Å². The van der Waals surface area contributed by atoms with Gasteiger partial charge in [-0.15, -0.1) is 0 Å². The lowest BCUT2D eigenvalue weighted by Gasteiger charge is -2.30. The second-order valence-electron chi connectivity index (χ2n) is 5.93. The summed E-state index contributed by atoms with van der Waals surface area (Å²) in [6.45, 7) is -1.87. The monoisotopic (exact) mass is 370 g/mol. The first-order valence-corrected chi connectivity index (χ1v) is 7.70. The number of alkyl halides is 3. The van der Waals surface area contributed by atoms with Gasteiger partial charge in [0.1, 0.15) is 18.1 Å². The van der Waals surface area contributed by atoms with Crippen LogP contribution in [0.3, 0.4) is 0 Å². The van der Waals surface area contributed by atoms with Crippen molar-refractivity contribution in [3.05, 3.63) is 53.7 Å². The number of furan rings is 1. The molecule has 0 bridgehead atoms. The van der Waals surface area contributed by atoms with Crippen LogP contribution in [0.15, 0.2) is 41.0 Å². The van der Waals surface area contributed by atoms with E-state index in [9.17, 15) is 27.2 Å². The van der Waals surface area contributed by atoms with E-state index in [0.717, 1.165) is 12.1 Å². The Labute approximate surface area is 145 Å². The van der Waals surface area contributed by atoms with Crippen molar-refractivity contribution in [1.82, 2.24) is 4.90 Å². The molecule has 1 aromatic heterocycles. The molecule has 2 aromatic rings. The number of carbonyl (C=O) groups excluding carboxylic acids is 2. The lowest BCUT2D eigenvalue weighted by molar-refractivity contribution is -0.164. The maximum atomic E-state index is 13.4. The van der Waals surface area contributed by atoms with E-state index >= 15 is 0 Å². The van der Waals surface area contributed by atoms with Gasteiger partial charge >= 0.3 is 6.18 Å². The van der Waals surface area contributed by atoms with E-state index in [4.69, 9.17) is 4.42 Å². The van der Waals surface area contributed by atoms with Crippen LogP contribution >= 0.6 is 0 Å². The number of amides is 2. The maximum Gasteiger partial charge on any atom is 0.406 e. The lowest BCUT2D eigenvalue weighted by Crippen LogP contribution is -2.42. The Kier molecular flexibility index (Phi) is 4.71. The zero-order chi connectivity index (χ0) is 18.9. The number of nitrogens with one attached hydrogen (secondary N) is 1. The van der Waals surface area contributed by atoms with Gasteiger partial charge in [0.25, 0.3) is 0 Å². The van der Waals surface area contributed by atoms with Gasteiger partial charge in [-0.3, -0.25) is 9.59 Å². The first-order valence-electron chi connectivity index (χ1n) is 7.70. The molecule has 0 radical (unpaired) electrons. The summed E-state index contributed by atoms with van der Waals surface area (Å²) in [5, 5.41) is 2.43. The smallest absolute Gasteiger partial charge is 0.406 e. The number of rotatable bonds is 4. The molecule has 138 valence electrons. The second-order valence-corrected chi connectivity index (χ2v) is 5.93. The minimum Gasteiger partial charge on any atom is -0.467 e. The Hall–Kier alpha value is -2.84. The molecule has 1 N–H and O–H groups in total.